The van der Waals surface area contributed by atoms with Crippen molar-refractivity contribution in [1.82, 2.24) is 0 Å². The summed E-state index contributed by atoms with van der Waals surface area (Å²) < 4.78 is 12.4. The van der Waals surface area contributed by atoms with E-state index in [1.54, 1.807) is 0 Å². The smallest absolute Gasteiger partial charge is 0.314 e. The van der Waals surface area contributed by atoms with Crippen LogP contribution < -0.4 is 0 Å². The van der Waals surface area contributed by atoms with Gasteiger partial charge in [-0.3, -0.25) is 4.79 Å². The first-order chi connectivity index (χ1) is 17.1. The third-order valence-electron chi connectivity index (χ3n) is 7.07. The first kappa shape index (κ1) is 23.1. The summed E-state index contributed by atoms with van der Waals surface area (Å²) in [7, 11) is 0. The average Bonchev–Trinajstić information content (AvgIpc) is 3.31. The Hall–Kier alpha value is -3.64. The van der Waals surface area contributed by atoms with Crippen LogP contribution in [0.1, 0.15) is 48.8 Å². The maximum atomic E-state index is 12.1. The summed E-state index contributed by atoms with van der Waals surface area (Å²) in [4.78, 5) is 18.5. The summed E-state index contributed by atoms with van der Waals surface area (Å²) in [6.45, 7) is 1.37. The third kappa shape index (κ3) is 4.54. The van der Waals surface area contributed by atoms with Crippen molar-refractivity contribution >= 4 is 12.2 Å². The molecule has 1 aliphatic carbocycles. The van der Waals surface area contributed by atoms with Gasteiger partial charge in [0.15, 0.2) is 11.0 Å². The first-order valence-corrected chi connectivity index (χ1v) is 12.1. The van der Waals surface area contributed by atoms with E-state index in [2.05, 4.69) is 24.3 Å². The minimum atomic E-state index is -0.992. The second-order valence-corrected chi connectivity index (χ2v) is 9.16. The van der Waals surface area contributed by atoms with Crippen molar-refractivity contribution in [2.75, 3.05) is 0 Å². The highest BCUT2D eigenvalue weighted by Crippen LogP contribution is 2.49. The molecule has 0 spiro atoms. The molecule has 1 saturated carbocycles. The van der Waals surface area contributed by atoms with Crippen LogP contribution >= 0.6 is 0 Å². The van der Waals surface area contributed by atoms with E-state index in [0.29, 0.717) is 4.90 Å². The van der Waals surface area contributed by atoms with Crippen LogP contribution in [0.3, 0.4) is 0 Å². The molecule has 1 fully saturated rings. The van der Waals surface area contributed by atoms with Gasteiger partial charge in [0.1, 0.15) is 5.92 Å². The highest BCUT2D eigenvalue weighted by molar-refractivity contribution is 5.69. The molecule has 6 heteroatoms. The van der Waals surface area contributed by atoms with E-state index in [1.807, 2.05) is 66.7 Å². The molecule has 1 heterocycles. The molecular formula is C29H30NO5+. The van der Waals surface area contributed by atoms with Gasteiger partial charge in [0.2, 0.25) is 0 Å². The molecule has 6 nitrogen and oxygen atoms in total. The van der Waals surface area contributed by atoms with E-state index in [-0.39, 0.29) is 6.10 Å². The minimum absolute atomic E-state index is 0.252. The molecule has 0 aromatic heterocycles. The summed E-state index contributed by atoms with van der Waals surface area (Å²) in [5.74, 6) is -0.871. The van der Waals surface area contributed by atoms with Gasteiger partial charge in [-0.1, -0.05) is 91.0 Å². The topological polar surface area (TPSA) is 68.0 Å². The van der Waals surface area contributed by atoms with Crippen molar-refractivity contribution in [3.8, 4) is 0 Å². The van der Waals surface area contributed by atoms with Gasteiger partial charge < -0.3 is 9.47 Å². The predicted octanol–water partition coefficient (Wildman–Crippen LogP) is 5.00. The Bertz CT molecular complexity index is 1130. The lowest BCUT2D eigenvalue weighted by Crippen LogP contribution is -2.50. The van der Waals surface area contributed by atoms with Crippen LogP contribution in [0, 0.1) is 0 Å². The molecule has 0 bridgehead atoms. The van der Waals surface area contributed by atoms with Gasteiger partial charge >= 0.3 is 12.3 Å². The Morgan fingerprint density at radius 3 is 2.09 bits per heavy atom. The van der Waals surface area contributed by atoms with Gasteiger partial charge in [-0.05, 0) is 36.0 Å². The number of rotatable bonds is 6. The van der Waals surface area contributed by atoms with Crippen LogP contribution in [0.4, 0.5) is 0 Å². The maximum Gasteiger partial charge on any atom is 0.314 e. The molecule has 0 saturated heterocycles. The number of hydrogen-bond donors (Lipinski definition) is 1. The molecule has 5 rings (SSSR count). The summed E-state index contributed by atoms with van der Waals surface area (Å²) in [5, 5.41) is 10.4. The number of esters is 1. The summed E-state index contributed by atoms with van der Waals surface area (Å²) >= 11 is 0. The Morgan fingerprint density at radius 2 is 1.51 bits per heavy atom. The van der Waals surface area contributed by atoms with Gasteiger partial charge in [-0.2, -0.15) is 4.84 Å². The fourth-order valence-corrected chi connectivity index (χ4v) is 5.58. The van der Waals surface area contributed by atoms with Gasteiger partial charge in [0.05, 0.1) is 6.10 Å². The molecule has 0 amide bonds. The second kappa shape index (κ2) is 9.92. The van der Waals surface area contributed by atoms with Crippen molar-refractivity contribution in [3.05, 3.63) is 108 Å². The SMILES string of the molecule is CC(=O)OC1C(OC2CCCC2(c2ccccc2)c2ccccc2)O[N+](O)=CC1c1ccccc1. The minimum Gasteiger partial charge on any atom is -0.454 e. The number of ether oxygens (including phenoxy) is 2. The predicted molar refractivity (Wildman–Crippen MR) is 130 cm³/mol. The quantitative estimate of drug-likeness (QED) is 0.404. The monoisotopic (exact) mass is 472 g/mol. The largest absolute Gasteiger partial charge is 0.454 e. The highest BCUT2D eigenvalue weighted by Gasteiger charge is 2.52. The van der Waals surface area contributed by atoms with Crippen molar-refractivity contribution < 1.29 is 29.2 Å². The lowest BCUT2D eigenvalue weighted by Gasteiger charge is -2.39. The molecule has 1 aliphatic heterocycles. The van der Waals surface area contributed by atoms with E-state index >= 15 is 0 Å². The van der Waals surface area contributed by atoms with E-state index in [9.17, 15) is 10.0 Å². The number of benzene rings is 3. The van der Waals surface area contributed by atoms with Gasteiger partial charge in [0, 0.05) is 12.3 Å². The molecule has 1 N–H and O–H groups in total. The zero-order valence-corrected chi connectivity index (χ0v) is 19.7. The van der Waals surface area contributed by atoms with Gasteiger partial charge in [-0.25, -0.2) is 5.21 Å². The molecule has 3 aromatic rings. The highest BCUT2D eigenvalue weighted by atomic mass is 16.9. The van der Waals surface area contributed by atoms with Crippen LogP contribution in [0.5, 0.6) is 0 Å². The summed E-state index contributed by atoms with van der Waals surface area (Å²) in [5.41, 5.74) is 2.83. The molecule has 0 radical (unpaired) electrons. The van der Waals surface area contributed by atoms with E-state index < -0.39 is 29.7 Å². The van der Waals surface area contributed by atoms with E-state index in [4.69, 9.17) is 14.3 Å². The standard InChI is InChI=1S/C29H30NO5/c1-21(31)33-27-25(22-12-5-2-6-13-22)20-30(32)35-28(27)34-26-18-11-19-29(26,23-14-7-3-8-15-23)24-16-9-4-10-17-24/h2-10,12-17,20,25-28,32H,11,18-19H2,1H3/q+1. The van der Waals surface area contributed by atoms with Crippen molar-refractivity contribution in [1.29, 1.82) is 0 Å². The molecule has 2 aliphatic rings. The van der Waals surface area contributed by atoms with Crippen LogP contribution in [-0.4, -0.2) is 40.8 Å². The Labute approximate surface area is 205 Å². The van der Waals surface area contributed by atoms with Crippen LogP contribution in [0.25, 0.3) is 0 Å². The van der Waals surface area contributed by atoms with Crippen molar-refractivity contribution in [2.45, 2.75) is 56.0 Å². The molecule has 4 atom stereocenters. The third-order valence-corrected chi connectivity index (χ3v) is 7.07. The summed E-state index contributed by atoms with van der Waals surface area (Å²) in [6, 6.07) is 30.4. The normalized spacial score (nSPS) is 25.3. The fourth-order valence-electron chi connectivity index (χ4n) is 5.58. The number of nitrogens with zero attached hydrogens (tertiary/aromatic N) is 1. The molecule has 35 heavy (non-hydrogen) atoms. The number of carbonyl (C=O) groups excluding carboxylic acids is 1. The maximum absolute atomic E-state index is 12.1. The zero-order chi connectivity index (χ0) is 24.3. The lowest BCUT2D eigenvalue weighted by molar-refractivity contribution is -0.976. The van der Waals surface area contributed by atoms with Crippen molar-refractivity contribution in [3.63, 3.8) is 0 Å². The van der Waals surface area contributed by atoms with Crippen LogP contribution in [0.15, 0.2) is 91.0 Å². The van der Waals surface area contributed by atoms with E-state index in [1.165, 1.54) is 24.3 Å². The lowest BCUT2D eigenvalue weighted by atomic mass is 9.71. The molecule has 3 aromatic carbocycles. The number of carbonyl (C=O) groups is 1. The fraction of sp³-hybridized carbons (Fsp3) is 0.310. The van der Waals surface area contributed by atoms with Crippen LogP contribution in [0.2, 0.25) is 0 Å². The van der Waals surface area contributed by atoms with Crippen LogP contribution in [-0.2, 0) is 24.5 Å². The summed E-state index contributed by atoms with van der Waals surface area (Å²) in [6.07, 6.45) is 2.18. The Morgan fingerprint density at radius 1 is 0.943 bits per heavy atom. The zero-order valence-electron chi connectivity index (χ0n) is 19.7. The first-order valence-electron chi connectivity index (χ1n) is 12.1. The van der Waals surface area contributed by atoms with Gasteiger partial charge in [-0.15, -0.1) is 0 Å². The average molecular weight is 473 g/mol. The van der Waals surface area contributed by atoms with Gasteiger partial charge in [0.25, 0.3) is 6.21 Å². The Balaban J connectivity index is 1.53. The van der Waals surface area contributed by atoms with E-state index in [0.717, 1.165) is 24.8 Å². The molecule has 180 valence electrons. The second-order valence-electron chi connectivity index (χ2n) is 9.16. The number of hydrogen-bond acceptors (Lipinski definition) is 5. The molecule has 4 unspecified atom stereocenters. The Kier molecular flexibility index (Phi) is 6.55. The molecular weight excluding hydrogens is 442 g/mol. The van der Waals surface area contributed by atoms with Crippen molar-refractivity contribution in [2.24, 2.45) is 0 Å².